The van der Waals surface area contributed by atoms with Gasteiger partial charge in [-0.05, 0) is 49.3 Å². The van der Waals surface area contributed by atoms with Gasteiger partial charge in [-0.15, -0.1) is 0 Å². The maximum atomic E-state index is 12.6. The van der Waals surface area contributed by atoms with Crippen LogP contribution >= 0.6 is 0 Å². The van der Waals surface area contributed by atoms with Crippen molar-refractivity contribution in [2.45, 2.75) is 25.8 Å². The number of hydrogen-bond donors (Lipinski definition) is 0. The van der Waals surface area contributed by atoms with E-state index in [1.807, 2.05) is 41.4 Å². The van der Waals surface area contributed by atoms with Crippen LogP contribution in [0.4, 0.5) is 5.69 Å². The standard InChI is InChI=1S/C21H19N3O/c1-21(2)13-18(16-6-4-3-5-7-16)17-12-15(14-22)8-9-19(17)23-11-10-20(25)24(21)23/h3-9,12-13H,10-11H2,1-2H3. The summed E-state index contributed by atoms with van der Waals surface area (Å²) in [6.45, 7) is 4.78. The summed E-state index contributed by atoms with van der Waals surface area (Å²) in [6.07, 6.45) is 2.66. The highest BCUT2D eigenvalue weighted by Gasteiger charge is 2.42. The van der Waals surface area contributed by atoms with Gasteiger partial charge in [-0.25, -0.2) is 5.01 Å². The Balaban J connectivity index is 2.02. The molecule has 0 atom stereocenters. The molecule has 0 aromatic heterocycles. The van der Waals surface area contributed by atoms with Gasteiger partial charge >= 0.3 is 0 Å². The van der Waals surface area contributed by atoms with Crippen LogP contribution in [0.3, 0.4) is 0 Å². The van der Waals surface area contributed by atoms with Crippen LogP contribution in [0.2, 0.25) is 0 Å². The Bertz CT molecular complexity index is 922. The lowest BCUT2D eigenvalue weighted by molar-refractivity contribution is -0.131. The number of hydrogen-bond acceptors (Lipinski definition) is 3. The van der Waals surface area contributed by atoms with Crippen molar-refractivity contribution < 1.29 is 4.79 Å². The number of carbonyl (C=O) groups excluding carboxylic acids is 1. The first kappa shape index (κ1) is 15.5. The fourth-order valence-corrected chi connectivity index (χ4v) is 3.80. The maximum absolute atomic E-state index is 12.6. The zero-order chi connectivity index (χ0) is 17.6. The predicted molar refractivity (Wildman–Crippen MR) is 97.6 cm³/mol. The summed E-state index contributed by atoms with van der Waals surface area (Å²) in [5.74, 6) is 0.130. The van der Waals surface area contributed by atoms with Crippen molar-refractivity contribution >= 4 is 17.2 Å². The SMILES string of the molecule is CC1(C)C=C(c2ccccc2)c2cc(C#N)ccc2N2CCC(=O)N21. The molecular formula is C21H19N3O. The summed E-state index contributed by atoms with van der Waals surface area (Å²) >= 11 is 0. The molecule has 2 aliphatic rings. The molecule has 1 saturated heterocycles. The Morgan fingerprint density at radius 2 is 1.88 bits per heavy atom. The monoisotopic (exact) mass is 329 g/mol. The summed E-state index contributed by atoms with van der Waals surface area (Å²) in [6, 6.07) is 18.1. The maximum Gasteiger partial charge on any atom is 0.243 e. The van der Waals surface area contributed by atoms with Crippen molar-refractivity contribution in [2.75, 3.05) is 11.6 Å². The molecule has 0 bridgehead atoms. The fraction of sp³-hybridized carbons (Fsp3) is 0.238. The highest BCUT2D eigenvalue weighted by atomic mass is 16.2. The minimum absolute atomic E-state index is 0.130. The van der Waals surface area contributed by atoms with Crippen LogP contribution < -0.4 is 5.01 Å². The minimum atomic E-state index is -0.454. The Labute approximate surface area is 147 Å². The molecule has 0 spiro atoms. The third kappa shape index (κ3) is 2.40. The lowest BCUT2D eigenvalue weighted by Gasteiger charge is -2.39. The van der Waals surface area contributed by atoms with Gasteiger partial charge in [0, 0.05) is 18.5 Å². The van der Waals surface area contributed by atoms with Crippen molar-refractivity contribution in [3.05, 3.63) is 71.3 Å². The first-order valence-corrected chi connectivity index (χ1v) is 8.44. The van der Waals surface area contributed by atoms with Crippen LogP contribution in [0.1, 0.15) is 37.0 Å². The van der Waals surface area contributed by atoms with Crippen LogP contribution in [-0.2, 0) is 4.79 Å². The van der Waals surface area contributed by atoms with Crippen molar-refractivity contribution in [1.29, 1.82) is 5.26 Å². The smallest absolute Gasteiger partial charge is 0.243 e. The summed E-state index contributed by atoms with van der Waals surface area (Å²) in [5.41, 5.74) is 4.28. The van der Waals surface area contributed by atoms with Crippen molar-refractivity contribution in [2.24, 2.45) is 0 Å². The Morgan fingerprint density at radius 3 is 2.60 bits per heavy atom. The zero-order valence-corrected chi connectivity index (χ0v) is 14.4. The number of benzene rings is 2. The molecule has 0 unspecified atom stereocenters. The van der Waals surface area contributed by atoms with E-state index in [1.54, 1.807) is 0 Å². The van der Waals surface area contributed by atoms with Gasteiger partial charge in [-0.3, -0.25) is 9.80 Å². The van der Waals surface area contributed by atoms with Gasteiger partial charge in [0.2, 0.25) is 5.91 Å². The zero-order valence-electron chi connectivity index (χ0n) is 14.4. The van der Waals surface area contributed by atoms with Crippen LogP contribution in [-0.4, -0.2) is 23.0 Å². The van der Waals surface area contributed by atoms with Crippen LogP contribution in [0.25, 0.3) is 5.57 Å². The molecule has 4 rings (SSSR count). The largest absolute Gasteiger partial charge is 0.281 e. The summed E-state index contributed by atoms with van der Waals surface area (Å²) in [5, 5.41) is 13.3. The van der Waals surface area contributed by atoms with Gasteiger partial charge in [0.15, 0.2) is 0 Å². The van der Waals surface area contributed by atoms with E-state index in [9.17, 15) is 10.1 Å². The van der Waals surface area contributed by atoms with Gasteiger partial charge in [0.05, 0.1) is 22.9 Å². The van der Waals surface area contributed by atoms with Gasteiger partial charge in [-0.1, -0.05) is 30.3 Å². The summed E-state index contributed by atoms with van der Waals surface area (Å²) in [7, 11) is 0. The molecular weight excluding hydrogens is 310 g/mol. The van der Waals surface area contributed by atoms with Crippen LogP contribution in [0, 0.1) is 11.3 Å². The summed E-state index contributed by atoms with van der Waals surface area (Å²) < 4.78 is 0. The Kier molecular flexibility index (Phi) is 3.40. The predicted octanol–water partition coefficient (Wildman–Crippen LogP) is 3.74. The fourth-order valence-electron chi connectivity index (χ4n) is 3.80. The summed E-state index contributed by atoms with van der Waals surface area (Å²) in [4.78, 5) is 12.6. The van der Waals surface area contributed by atoms with Gasteiger partial charge in [-0.2, -0.15) is 5.26 Å². The molecule has 1 amide bonds. The molecule has 4 heteroatoms. The van der Waals surface area contributed by atoms with E-state index in [0.29, 0.717) is 18.5 Å². The molecule has 2 aromatic rings. The second kappa shape index (κ2) is 5.49. The van der Waals surface area contributed by atoms with E-state index in [4.69, 9.17) is 0 Å². The van der Waals surface area contributed by atoms with Crippen molar-refractivity contribution in [3.63, 3.8) is 0 Å². The van der Waals surface area contributed by atoms with Crippen molar-refractivity contribution in [3.8, 4) is 6.07 Å². The normalized spacial score (nSPS) is 18.1. The topological polar surface area (TPSA) is 47.3 Å². The first-order valence-electron chi connectivity index (χ1n) is 8.44. The Hall–Kier alpha value is -3.06. The molecule has 0 radical (unpaired) electrons. The number of amides is 1. The third-order valence-electron chi connectivity index (χ3n) is 4.84. The van der Waals surface area contributed by atoms with Crippen LogP contribution in [0.15, 0.2) is 54.6 Å². The lowest BCUT2D eigenvalue weighted by atomic mass is 9.90. The van der Waals surface area contributed by atoms with E-state index in [0.717, 1.165) is 22.4 Å². The molecule has 124 valence electrons. The molecule has 0 N–H and O–H groups in total. The second-order valence-electron chi connectivity index (χ2n) is 7.00. The first-order chi connectivity index (χ1) is 12.0. The van der Waals surface area contributed by atoms with E-state index in [-0.39, 0.29) is 5.91 Å². The van der Waals surface area contributed by atoms with E-state index in [1.165, 1.54) is 0 Å². The van der Waals surface area contributed by atoms with E-state index in [2.05, 4.69) is 43.1 Å². The lowest BCUT2D eigenvalue weighted by Crippen LogP contribution is -2.51. The quantitative estimate of drug-likeness (QED) is 0.801. The highest BCUT2D eigenvalue weighted by molar-refractivity contribution is 5.92. The molecule has 1 fully saturated rings. The van der Waals surface area contributed by atoms with E-state index < -0.39 is 5.54 Å². The average molecular weight is 329 g/mol. The molecule has 2 aromatic carbocycles. The molecule has 4 nitrogen and oxygen atoms in total. The number of anilines is 1. The molecule has 25 heavy (non-hydrogen) atoms. The number of carbonyl (C=O) groups is 1. The van der Waals surface area contributed by atoms with Crippen molar-refractivity contribution in [1.82, 2.24) is 5.01 Å². The number of nitriles is 1. The Morgan fingerprint density at radius 1 is 1.12 bits per heavy atom. The third-order valence-corrected chi connectivity index (χ3v) is 4.84. The number of rotatable bonds is 1. The molecule has 0 aliphatic carbocycles. The van der Waals surface area contributed by atoms with E-state index >= 15 is 0 Å². The minimum Gasteiger partial charge on any atom is -0.281 e. The van der Waals surface area contributed by atoms with Gasteiger partial charge < -0.3 is 0 Å². The molecule has 0 saturated carbocycles. The molecule has 2 heterocycles. The van der Waals surface area contributed by atoms with Crippen LogP contribution in [0.5, 0.6) is 0 Å². The number of hydrazine groups is 1. The molecule has 2 aliphatic heterocycles. The second-order valence-corrected chi connectivity index (χ2v) is 7.00. The van der Waals surface area contributed by atoms with Gasteiger partial charge in [0.1, 0.15) is 0 Å². The van der Waals surface area contributed by atoms with Gasteiger partial charge in [0.25, 0.3) is 0 Å². The average Bonchev–Trinajstić information content (AvgIpc) is 2.98. The number of nitrogens with zero attached hydrogens (tertiary/aromatic N) is 3. The number of fused-ring (bicyclic) bond motifs is 3. The highest BCUT2D eigenvalue weighted by Crippen LogP contribution is 2.42.